The summed E-state index contributed by atoms with van der Waals surface area (Å²) < 4.78 is 5.21. The Hall–Kier alpha value is -2.63. The fraction of sp³-hybridized carbons (Fsp3) is 0.389. The number of hydrogen-bond acceptors (Lipinski definition) is 5. The molecule has 0 bridgehead atoms. The van der Waals surface area contributed by atoms with Gasteiger partial charge in [-0.25, -0.2) is 4.98 Å². The van der Waals surface area contributed by atoms with Crippen molar-refractivity contribution in [2.45, 2.75) is 19.4 Å². The Morgan fingerprint density at radius 2 is 2.33 bits per heavy atom. The molecule has 0 aliphatic carbocycles. The second-order valence-electron chi connectivity index (χ2n) is 5.92. The first kappa shape index (κ1) is 16.2. The molecule has 0 saturated carbocycles. The summed E-state index contributed by atoms with van der Waals surface area (Å²) >= 11 is 0. The van der Waals surface area contributed by atoms with Crippen LogP contribution in [0.2, 0.25) is 0 Å². The number of methoxy groups -OCH3 is 1. The van der Waals surface area contributed by atoms with E-state index in [0.717, 1.165) is 36.5 Å². The Labute approximate surface area is 141 Å². The van der Waals surface area contributed by atoms with Crippen LogP contribution in [0.25, 0.3) is 0 Å². The number of aromatic nitrogens is 2. The fourth-order valence-electron chi connectivity index (χ4n) is 2.97. The van der Waals surface area contributed by atoms with Crippen molar-refractivity contribution in [2.75, 3.05) is 25.1 Å². The van der Waals surface area contributed by atoms with Gasteiger partial charge >= 0.3 is 0 Å². The molecule has 1 aromatic heterocycles. The van der Waals surface area contributed by atoms with E-state index in [-0.39, 0.29) is 11.8 Å². The number of carbonyl (C=O) groups excluding carboxylic acids is 1. The minimum absolute atomic E-state index is 0.0219. The summed E-state index contributed by atoms with van der Waals surface area (Å²) in [6, 6.07) is 7.74. The van der Waals surface area contributed by atoms with Crippen LogP contribution in [0.4, 0.5) is 5.82 Å². The van der Waals surface area contributed by atoms with Crippen molar-refractivity contribution in [3.05, 3.63) is 48.4 Å². The average Bonchev–Trinajstić information content (AvgIpc) is 2.67. The number of anilines is 1. The van der Waals surface area contributed by atoms with Crippen LogP contribution in [0.15, 0.2) is 42.9 Å². The van der Waals surface area contributed by atoms with Crippen molar-refractivity contribution < 1.29 is 9.53 Å². The summed E-state index contributed by atoms with van der Waals surface area (Å²) in [4.78, 5) is 23.1. The third-order valence-corrected chi connectivity index (χ3v) is 4.27. The molecule has 126 valence electrons. The zero-order chi connectivity index (χ0) is 16.8. The lowest BCUT2D eigenvalue weighted by molar-refractivity contribution is -0.125. The molecule has 2 heterocycles. The van der Waals surface area contributed by atoms with Gasteiger partial charge in [0, 0.05) is 32.0 Å². The van der Waals surface area contributed by atoms with Gasteiger partial charge in [0.05, 0.1) is 19.2 Å². The molecular weight excluding hydrogens is 304 g/mol. The summed E-state index contributed by atoms with van der Waals surface area (Å²) in [7, 11) is 1.64. The number of nitrogens with zero attached hydrogens (tertiary/aromatic N) is 3. The quantitative estimate of drug-likeness (QED) is 0.910. The minimum Gasteiger partial charge on any atom is -0.497 e. The zero-order valence-electron chi connectivity index (χ0n) is 13.8. The van der Waals surface area contributed by atoms with Crippen LogP contribution >= 0.6 is 0 Å². The molecular formula is C18H22N4O2. The van der Waals surface area contributed by atoms with Gasteiger partial charge < -0.3 is 15.0 Å². The van der Waals surface area contributed by atoms with Gasteiger partial charge in [-0.3, -0.25) is 9.78 Å². The molecule has 24 heavy (non-hydrogen) atoms. The Kier molecular flexibility index (Phi) is 5.25. The number of benzene rings is 1. The van der Waals surface area contributed by atoms with E-state index < -0.39 is 0 Å². The van der Waals surface area contributed by atoms with Crippen molar-refractivity contribution in [1.82, 2.24) is 15.3 Å². The van der Waals surface area contributed by atoms with E-state index in [9.17, 15) is 4.79 Å². The second-order valence-corrected chi connectivity index (χ2v) is 5.92. The predicted molar refractivity (Wildman–Crippen MR) is 91.8 cm³/mol. The Morgan fingerprint density at radius 1 is 1.42 bits per heavy atom. The van der Waals surface area contributed by atoms with Crippen LogP contribution in [0, 0.1) is 5.92 Å². The molecule has 3 rings (SSSR count). The molecule has 6 nitrogen and oxygen atoms in total. The number of nitrogens with one attached hydrogen (secondary N) is 1. The highest BCUT2D eigenvalue weighted by atomic mass is 16.5. The molecule has 0 unspecified atom stereocenters. The average molecular weight is 326 g/mol. The number of piperidine rings is 1. The maximum Gasteiger partial charge on any atom is 0.225 e. The van der Waals surface area contributed by atoms with E-state index in [4.69, 9.17) is 4.74 Å². The molecule has 1 aliphatic heterocycles. The summed E-state index contributed by atoms with van der Waals surface area (Å²) in [5.41, 5.74) is 1.03. The molecule has 1 aliphatic rings. The van der Waals surface area contributed by atoms with Crippen LogP contribution in [0.1, 0.15) is 18.4 Å². The van der Waals surface area contributed by atoms with Gasteiger partial charge in [-0.2, -0.15) is 0 Å². The molecule has 1 N–H and O–H groups in total. The van der Waals surface area contributed by atoms with E-state index in [1.165, 1.54) is 0 Å². The molecule has 1 atom stereocenters. The highest BCUT2D eigenvalue weighted by Gasteiger charge is 2.26. The lowest BCUT2D eigenvalue weighted by Gasteiger charge is -2.32. The predicted octanol–water partition coefficient (Wildman–Crippen LogP) is 2.02. The number of hydrogen-bond donors (Lipinski definition) is 1. The highest BCUT2D eigenvalue weighted by Crippen LogP contribution is 2.21. The van der Waals surface area contributed by atoms with Gasteiger partial charge in [-0.15, -0.1) is 0 Å². The molecule has 2 aromatic rings. The normalized spacial score (nSPS) is 17.4. The van der Waals surface area contributed by atoms with Crippen LogP contribution in [-0.4, -0.2) is 36.1 Å². The molecule has 0 radical (unpaired) electrons. The minimum atomic E-state index is -0.0219. The summed E-state index contributed by atoms with van der Waals surface area (Å²) in [6.07, 6.45) is 6.97. The smallest absolute Gasteiger partial charge is 0.225 e. The summed E-state index contributed by atoms with van der Waals surface area (Å²) in [5, 5.41) is 3.03. The monoisotopic (exact) mass is 326 g/mol. The van der Waals surface area contributed by atoms with E-state index in [2.05, 4.69) is 20.2 Å². The van der Waals surface area contributed by atoms with Crippen LogP contribution in [-0.2, 0) is 11.3 Å². The molecule has 1 fully saturated rings. The van der Waals surface area contributed by atoms with Crippen LogP contribution < -0.4 is 15.0 Å². The van der Waals surface area contributed by atoms with Gasteiger partial charge in [0.1, 0.15) is 11.6 Å². The summed E-state index contributed by atoms with van der Waals surface area (Å²) in [5.74, 6) is 1.70. The zero-order valence-corrected chi connectivity index (χ0v) is 13.8. The van der Waals surface area contributed by atoms with Gasteiger partial charge in [-0.1, -0.05) is 12.1 Å². The van der Waals surface area contributed by atoms with Gasteiger partial charge in [0.25, 0.3) is 0 Å². The van der Waals surface area contributed by atoms with Crippen molar-refractivity contribution in [3.63, 3.8) is 0 Å². The van der Waals surface area contributed by atoms with Gasteiger partial charge in [-0.05, 0) is 30.5 Å². The first-order valence-electron chi connectivity index (χ1n) is 8.18. The second kappa shape index (κ2) is 7.77. The maximum absolute atomic E-state index is 12.5. The highest BCUT2D eigenvalue weighted by molar-refractivity contribution is 5.79. The first-order chi connectivity index (χ1) is 11.8. The molecule has 1 saturated heterocycles. The van der Waals surface area contributed by atoms with Crippen molar-refractivity contribution in [3.8, 4) is 5.75 Å². The number of ether oxygens (including phenoxy) is 1. The molecule has 1 aromatic carbocycles. The fourth-order valence-corrected chi connectivity index (χ4v) is 2.97. The Morgan fingerprint density at radius 3 is 3.12 bits per heavy atom. The molecule has 1 amide bonds. The maximum atomic E-state index is 12.5. The lowest BCUT2D eigenvalue weighted by Crippen LogP contribution is -2.43. The van der Waals surface area contributed by atoms with E-state index in [0.29, 0.717) is 13.1 Å². The number of carbonyl (C=O) groups is 1. The third kappa shape index (κ3) is 4.01. The lowest BCUT2D eigenvalue weighted by atomic mass is 9.97. The topological polar surface area (TPSA) is 67.3 Å². The van der Waals surface area contributed by atoms with Crippen LogP contribution in [0.5, 0.6) is 5.75 Å². The Bertz CT molecular complexity index is 678. The molecule has 0 spiro atoms. The van der Waals surface area contributed by atoms with Crippen LogP contribution in [0.3, 0.4) is 0 Å². The number of amides is 1. The first-order valence-corrected chi connectivity index (χ1v) is 8.18. The largest absolute Gasteiger partial charge is 0.497 e. The number of rotatable bonds is 5. The van der Waals surface area contributed by atoms with E-state index >= 15 is 0 Å². The van der Waals surface area contributed by atoms with Crippen molar-refractivity contribution in [2.24, 2.45) is 5.92 Å². The Balaban J connectivity index is 1.56. The standard InChI is InChI=1S/C18H22N4O2/c1-24-16-6-2-4-14(10-16)11-21-18(23)15-5-3-9-22(13-15)17-12-19-7-8-20-17/h2,4,6-8,10,12,15H,3,5,9,11,13H2,1H3,(H,21,23)/t15-/m1/s1. The van der Waals surface area contributed by atoms with Gasteiger partial charge in [0.15, 0.2) is 0 Å². The third-order valence-electron chi connectivity index (χ3n) is 4.27. The summed E-state index contributed by atoms with van der Waals surface area (Å²) in [6.45, 7) is 2.11. The van der Waals surface area contributed by atoms with E-state index in [1.807, 2.05) is 24.3 Å². The molecule has 6 heteroatoms. The van der Waals surface area contributed by atoms with E-state index in [1.54, 1.807) is 25.7 Å². The van der Waals surface area contributed by atoms with Crippen molar-refractivity contribution in [1.29, 1.82) is 0 Å². The van der Waals surface area contributed by atoms with Crippen molar-refractivity contribution >= 4 is 11.7 Å². The van der Waals surface area contributed by atoms with Gasteiger partial charge in [0.2, 0.25) is 5.91 Å². The SMILES string of the molecule is COc1cccc(CNC(=O)[C@@H]2CCCN(c3cnccn3)C2)c1.